The molecule has 0 bridgehead atoms. The molecule has 1 atom stereocenters. The van der Waals surface area contributed by atoms with Gasteiger partial charge in [-0.3, -0.25) is 4.79 Å². The highest BCUT2D eigenvalue weighted by Gasteiger charge is 2.21. The maximum atomic E-state index is 12.0. The normalized spacial score (nSPS) is 13.3. The summed E-state index contributed by atoms with van der Waals surface area (Å²) in [7, 11) is -3.68. The lowest BCUT2D eigenvalue weighted by molar-refractivity contribution is 0.449. The summed E-state index contributed by atoms with van der Waals surface area (Å²) in [4.78, 5) is 10.9. The van der Waals surface area contributed by atoms with Gasteiger partial charge in [-0.15, -0.1) is 0 Å². The molecule has 0 spiro atoms. The van der Waals surface area contributed by atoms with E-state index in [1.165, 1.54) is 24.3 Å². The molecule has 7 nitrogen and oxygen atoms in total. The van der Waals surface area contributed by atoms with Crippen molar-refractivity contribution in [2.45, 2.75) is 31.4 Å². The van der Waals surface area contributed by atoms with Gasteiger partial charge in [-0.2, -0.15) is 5.10 Å². The lowest BCUT2D eigenvalue weighted by Crippen LogP contribution is -2.31. The molecule has 2 rings (SSSR count). The fourth-order valence-corrected chi connectivity index (χ4v) is 2.75. The van der Waals surface area contributed by atoms with Crippen LogP contribution in [0.5, 0.6) is 0 Å². The maximum Gasteiger partial charge on any atom is 0.274 e. The highest BCUT2D eigenvalue weighted by Crippen LogP contribution is 2.22. The van der Waals surface area contributed by atoms with Crippen molar-refractivity contribution in [3.63, 3.8) is 0 Å². The molecule has 2 aromatic heterocycles. The molecular formula is C12H15N3O4S. The molecule has 1 unspecified atom stereocenters. The Bertz CT molecular complexity index is 728. The van der Waals surface area contributed by atoms with Crippen LogP contribution in [0.3, 0.4) is 0 Å². The van der Waals surface area contributed by atoms with Crippen LogP contribution in [0.4, 0.5) is 0 Å². The summed E-state index contributed by atoms with van der Waals surface area (Å²) in [6.45, 7) is 3.65. The van der Waals surface area contributed by atoms with Crippen molar-refractivity contribution < 1.29 is 12.8 Å². The molecule has 0 saturated carbocycles. The van der Waals surface area contributed by atoms with Crippen LogP contribution in [0, 0.1) is 0 Å². The predicted molar refractivity (Wildman–Crippen MR) is 72.6 cm³/mol. The first kappa shape index (κ1) is 14.5. The summed E-state index contributed by atoms with van der Waals surface area (Å²) in [5.74, 6) is 0.269. The van der Waals surface area contributed by atoms with Crippen molar-refractivity contribution in [3.05, 3.63) is 34.6 Å². The lowest BCUT2D eigenvalue weighted by atomic mass is 10.3. The molecule has 0 aliphatic heterocycles. The van der Waals surface area contributed by atoms with Gasteiger partial charge in [0.2, 0.25) is 5.09 Å². The molecule has 0 amide bonds. The second-order valence-corrected chi connectivity index (χ2v) is 6.00. The molecule has 2 N–H and O–H groups in total. The van der Waals surface area contributed by atoms with E-state index in [1.807, 2.05) is 6.92 Å². The van der Waals surface area contributed by atoms with Crippen LogP contribution in [0.2, 0.25) is 0 Å². The maximum absolute atomic E-state index is 12.0. The summed E-state index contributed by atoms with van der Waals surface area (Å²) < 4.78 is 31.8. The van der Waals surface area contributed by atoms with E-state index in [9.17, 15) is 13.2 Å². The average molecular weight is 297 g/mol. The zero-order valence-corrected chi connectivity index (χ0v) is 11.9. The van der Waals surface area contributed by atoms with E-state index < -0.39 is 10.0 Å². The molecular weight excluding hydrogens is 282 g/mol. The number of rotatable bonds is 5. The average Bonchev–Trinajstić information content (AvgIpc) is 2.89. The van der Waals surface area contributed by atoms with Crippen LogP contribution < -0.4 is 10.3 Å². The van der Waals surface area contributed by atoms with Crippen molar-refractivity contribution in [1.29, 1.82) is 0 Å². The van der Waals surface area contributed by atoms with Gasteiger partial charge in [0.05, 0.1) is 0 Å². The third-order valence-electron chi connectivity index (χ3n) is 2.75. The minimum Gasteiger partial charge on any atom is -0.442 e. The van der Waals surface area contributed by atoms with Gasteiger partial charge in [0.25, 0.3) is 15.6 Å². The molecule has 0 aliphatic carbocycles. The van der Waals surface area contributed by atoms with Gasteiger partial charge in [-0.1, -0.05) is 6.92 Å². The molecule has 0 fully saturated rings. The number of aromatic nitrogens is 2. The number of H-pyrrole nitrogens is 1. The Kier molecular flexibility index (Phi) is 4.05. The molecule has 0 aliphatic rings. The number of furan rings is 1. The van der Waals surface area contributed by atoms with Gasteiger partial charge in [-0.05, 0) is 31.5 Å². The monoisotopic (exact) mass is 297 g/mol. The summed E-state index contributed by atoms with van der Waals surface area (Å²) in [6, 6.07) is 5.41. The molecule has 0 aromatic carbocycles. The Morgan fingerprint density at radius 1 is 1.35 bits per heavy atom. The van der Waals surface area contributed by atoms with Crippen molar-refractivity contribution in [2.24, 2.45) is 0 Å². The van der Waals surface area contributed by atoms with E-state index in [2.05, 4.69) is 14.9 Å². The number of sulfonamides is 1. The Morgan fingerprint density at radius 3 is 2.70 bits per heavy atom. The van der Waals surface area contributed by atoms with Gasteiger partial charge in [0.15, 0.2) is 5.76 Å². The highest BCUT2D eigenvalue weighted by molar-refractivity contribution is 7.89. The zero-order valence-electron chi connectivity index (χ0n) is 11.1. The number of hydrogen-bond donors (Lipinski definition) is 2. The largest absolute Gasteiger partial charge is 0.442 e. The van der Waals surface area contributed by atoms with Gasteiger partial charge in [0, 0.05) is 12.1 Å². The van der Waals surface area contributed by atoms with Gasteiger partial charge < -0.3 is 4.42 Å². The third-order valence-corrected chi connectivity index (χ3v) is 4.21. The topological polar surface area (TPSA) is 105 Å². The van der Waals surface area contributed by atoms with Crippen LogP contribution >= 0.6 is 0 Å². The van der Waals surface area contributed by atoms with E-state index in [-0.39, 0.29) is 22.5 Å². The molecule has 2 heterocycles. The van der Waals surface area contributed by atoms with E-state index in [4.69, 9.17) is 4.42 Å². The quantitative estimate of drug-likeness (QED) is 0.860. The second-order valence-electron chi connectivity index (χ2n) is 4.36. The summed E-state index contributed by atoms with van der Waals surface area (Å²) in [5.41, 5.74) is 0.0150. The molecule has 20 heavy (non-hydrogen) atoms. The van der Waals surface area contributed by atoms with E-state index in [0.29, 0.717) is 12.1 Å². The van der Waals surface area contributed by atoms with Crippen LogP contribution in [0.25, 0.3) is 11.5 Å². The Hall–Kier alpha value is -1.93. The minimum absolute atomic E-state index is 0.180. The SMILES string of the molecule is CCC(C)NS(=O)(=O)c1ccc(-c2ccc(=O)[nH]n2)o1. The fraction of sp³-hybridized carbons (Fsp3) is 0.333. The van der Waals surface area contributed by atoms with Gasteiger partial charge >= 0.3 is 0 Å². The summed E-state index contributed by atoms with van der Waals surface area (Å²) in [5, 5.41) is 5.85. The van der Waals surface area contributed by atoms with E-state index in [1.54, 1.807) is 6.92 Å². The Labute approximate surface area is 116 Å². The number of nitrogens with zero attached hydrogens (tertiary/aromatic N) is 1. The number of aromatic amines is 1. The first-order valence-corrected chi connectivity index (χ1v) is 7.59. The van der Waals surface area contributed by atoms with Crippen molar-refractivity contribution >= 4 is 10.0 Å². The Balaban J connectivity index is 2.29. The first-order chi connectivity index (χ1) is 9.42. The van der Waals surface area contributed by atoms with Crippen molar-refractivity contribution in [1.82, 2.24) is 14.9 Å². The molecule has 8 heteroatoms. The lowest BCUT2D eigenvalue weighted by Gasteiger charge is -2.09. The van der Waals surface area contributed by atoms with E-state index in [0.717, 1.165) is 0 Å². The van der Waals surface area contributed by atoms with Crippen LogP contribution in [-0.2, 0) is 10.0 Å². The number of hydrogen-bond acceptors (Lipinski definition) is 5. The fourth-order valence-electron chi connectivity index (χ4n) is 1.49. The molecule has 2 aromatic rings. The molecule has 0 radical (unpaired) electrons. The summed E-state index contributed by atoms with van der Waals surface area (Å²) in [6.07, 6.45) is 0.675. The van der Waals surface area contributed by atoms with Crippen LogP contribution in [0.1, 0.15) is 20.3 Å². The molecule has 0 saturated heterocycles. The minimum atomic E-state index is -3.68. The van der Waals surface area contributed by atoms with Gasteiger partial charge in [-0.25, -0.2) is 18.2 Å². The first-order valence-electron chi connectivity index (χ1n) is 6.10. The van der Waals surface area contributed by atoms with Crippen LogP contribution in [0.15, 0.2) is 38.6 Å². The van der Waals surface area contributed by atoms with Crippen LogP contribution in [-0.4, -0.2) is 24.7 Å². The standard InChI is InChI=1S/C12H15N3O4S/c1-3-8(2)15-20(17,18)12-7-5-10(19-12)9-4-6-11(16)14-13-9/h4-8,15H,3H2,1-2H3,(H,14,16). The highest BCUT2D eigenvalue weighted by atomic mass is 32.2. The van der Waals surface area contributed by atoms with Crippen molar-refractivity contribution in [2.75, 3.05) is 0 Å². The van der Waals surface area contributed by atoms with Gasteiger partial charge in [0.1, 0.15) is 5.69 Å². The number of nitrogens with one attached hydrogen (secondary N) is 2. The van der Waals surface area contributed by atoms with E-state index >= 15 is 0 Å². The third kappa shape index (κ3) is 3.14. The zero-order chi connectivity index (χ0) is 14.8. The molecule has 108 valence electrons. The predicted octanol–water partition coefficient (Wildman–Crippen LogP) is 1.11. The smallest absolute Gasteiger partial charge is 0.274 e. The van der Waals surface area contributed by atoms with Crippen molar-refractivity contribution in [3.8, 4) is 11.5 Å². The second kappa shape index (κ2) is 5.59. The summed E-state index contributed by atoms with van der Waals surface area (Å²) >= 11 is 0. The Morgan fingerprint density at radius 2 is 2.10 bits per heavy atom.